The molecule has 2 aliphatic carbocycles. The van der Waals surface area contributed by atoms with Crippen molar-refractivity contribution in [2.75, 3.05) is 0 Å². The molecule has 2 fully saturated rings. The minimum atomic E-state index is -0.126. The van der Waals surface area contributed by atoms with Gasteiger partial charge in [0, 0.05) is 5.41 Å². The average Bonchev–Trinajstić information content (AvgIpc) is 2.95. The monoisotopic (exact) mass is 263 g/mol. The van der Waals surface area contributed by atoms with Crippen molar-refractivity contribution in [1.29, 1.82) is 0 Å². The van der Waals surface area contributed by atoms with Crippen LogP contribution in [-0.2, 0) is 16.1 Å². The number of nitrogens with one attached hydrogen (secondary N) is 1. The van der Waals surface area contributed by atoms with Gasteiger partial charge in [-0.05, 0) is 30.6 Å². The van der Waals surface area contributed by atoms with Gasteiger partial charge < -0.3 is 4.74 Å². The predicted octanol–water partition coefficient (Wildman–Crippen LogP) is 2.06. The molecule has 4 nitrogen and oxygen atoms in total. The number of fused-ring (bicyclic) bond motifs is 2. The van der Waals surface area contributed by atoms with E-state index in [-0.39, 0.29) is 17.5 Å². The molecule has 0 radical (unpaired) electrons. The molecule has 0 saturated heterocycles. The summed E-state index contributed by atoms with van der Waals surface area (Å²) in [6.45, 7) is 7.25. The molecule has 4 heteroatoms. The Morgan fingerprint density at radius 3 is 2.79 bits per heavy atom. The van der Waals surface area contributed by atoms with E-state index in [1.54, 1.807) is 12.5 Å². The zero-order valence-electron chi connectivity index (χ0n) is 12.0. The lowest BCUT2D eigenvalue weighted by atomic mass is 9.70. The molecule has 1 N–H and O–H groups in total. The molecule has 0 amide bonds. The number of hydrogen-bond acceptors (Lipinski definition) is 2. The molecule has 1 aromatic rings. The Bertz CT molecular complexity index is 480. The summed E-state index contributed by atoms with van der Waals surface area (Å²) in [5.41, 5.74) is 0.440. The highest BCUT2D eigenvalue weighted by atomic mass is 16.5. The number of esters is 1. The number of carbonyl (C=O) groups is 1. The number of ether oxygens (including phenoxy) is 1. The molecule has 2 bridgehead atoms. The Morgan fingerprint density at radius 2 is 2.26 bits per heavy atom. The fraction of sp³-hybridized carbons (Fsp3) is 0.733. The molecule has 19 heavy (non-hydrogen) atoms. The second-order valence-electron chi connectivity index (χ2n) is 6.87. The van der Waals surface area contributed by atoms with Crippen LogP contribution in [0.1, 0.15) is 40.0 Å². The zero-order valence-corrected chi connectivity index (χ0v) is 12.0. The minimum absolute atomic E-state index is 0.0910. The Morgan fingerprint density at radius 1 is 1.47 bits per heavy atom. The second kappa shape index (κ2) is 4.09. The van der Waals surface area contributed by atoms with Crippen LogP contribution in [0.2, 0.25) is 0 Å². The van der Waals surface area contributed by atoms with Crippen molar-refractivity contribution in [3.05, 3.63) is 18.7 Å². The van der Waals surface area contributed by atoms with Crippen LogP contribution in [0.25, 0.3) is 0 Å². The standard InChI is InChI=1S/C15H22N2O2/c1-14(2)11-4-5-15(14,3)12(8-11)19-13(18)9-17-7-6-16-10-17/h6-7,10-12H,4-5,8-9H2,1-3H3/p+1/t11-,12+,15-/m0/s1. The maximum Gasteiger partial charge on any atom is 0.348 e. The van der Waals surface area contributed by atoms with E-state index >= 15 is 0 Å². The molecule has 0 unspecified atom stereocenters. The number of imidazole rings is 1. The Kier molecular flexibility index (Phi) is 2.73. The SMILES string of the molecule is CC1(C)[C@H]2CC[C@@]1(C)[C@H](OC(=O)C[n+]1cc[nH]c1)C2. The van der Waals surface area contributed by atoms with Gasteiger partial charge in [0.1, 0.15) is 18.5 Å². The van der Waals surface area contributed by atoms with E-state index in [1.165, 1.54) is 12.8 Å². The van der Waals surface area contributed by atoms with Gasteiger partial charge in [-0.25, -0.2) is 9.36 Å². The molecule has 1 heterocycles. The quantitative estimate of drug-likeness (QED) is 0.670. The van der Waals surface area contributed by atoms with Crippen LogP contribution in [0.5, 0.6) is 0 Å². The highest BCUT2D eigenvalue weighted by molar-refractivity contribution is 5.68. The van der Waals surface area contributed by atoms with E-state index in [0.717, 1.165) is 6.42 Å². The summed E-state index contributed by atoms with van der Waals surface area (Å²) >= 11 is 0. The van der Waals surface area contributed by atoms with Crippen LogP contribution < -0.4 is 4.57 Å². The van der Waals surface area contributed by atoms with E-state index < -0.39 is 0 Å². The molecule has 0 spiro atoms. The first-order valence-corrected chi connectivity index (χ1v) is 7.15. The lowest BCUT2D eigenvalue weighted by Crippen LogP contribution is -2.42. The summed E-state index contributed by atoms with van der Waals surface area (Å²) in [4.78, 5) is 15.0. The predicted molar refractivity (Wildman–Crippen MR) is 70.1 cm³/mol. The first-order valence-electron chi connectivity index (χ1n) is 7.15. The fourth-order valence-electron chi connectivity index (χ4n) is 4.07. The topological polar surface area (TPSA) is 46.0 Å². The average molecular weight is 263 g/mol. The lowest BCUT2D eigenvalue weighted by molar-refractivity contribution is -0.684. The molecule has 3 atom stereocenters. The molecule has 2 aliphatic rings. The van der Waals surface area contributed by atoms with Crippen molar-refractivity contribution in [3.8, 4) is 0 Å². The number of aromatic amines is 1. The molecule has 104 valence electrons. The summed E-state index contributed by atoms with van der Waals surface area (Å²) in [5.74, 6) is 0.578. The molecule has 0 aromatic carbocycles. The summed E-state index contributed by atoms with van der Waals surface area (Å²) < 4.78 is 7.59. The highest BCUT2D eigenvalue weighted by Crippen LogP contribution is 2.66. The maximum absolute atomic E-state index is 12.0. The fourth-order valence-corrected chi connectivity index (χ4v) is 4.07. The summed E-state index contributed by atoms with van der Waals surface area (Å²) in [6.07, 6.45) is 9.00. The Balaban J connectivity index is 1.67. The van der Waals surface area contributed by atoms with Crippen molar-refractivity contribution in [1.82, 2.24) is 4.98 Å². The largest absolute Gasteiger partial charge is 0.459 e. The van der Waals surface area contributed by atoms with Gasteiger partial charge >= 0.3 is 5.97 Å². The second-order valence-corrected chi connectivity index (χ2v) is 6.87. The number of nitrogens with zero attached hydrogens (tertiary/aromatic N) is 1. The van der Waals surface area contributed by atoms with Gasteiger partial charge in [0.05, 0.1) is 0 Å². The Labute approximate surface area is 114 Å². The van der Waals surface area contributed by atoms with Gasteiger partial charge in [-0.3, -0.25) is 4.98 Å². The first-order chi connectivity index (χ1) is 8.93. The van der Waals surface area contributed by atoms with E-state index in [4.69, 9.17) is 4.74 Å². The third-order valence-corrected chi connectivity index (χ3v) is 5.90. The van der Waals surface area contributed by atoms with Crippen LogP contribution in [0, 0.1) is 16.7 Å². The molecule has 0 aliphatic heterocycles. The molecular weight excluding hydrogens is 240 g/mol. The van der Waals surface area contributed by atoms with Gasteiger partial charge in [-0.15, -0.1) is 0 Å². The number of aromatic nitrogens is 2. The normalized spacial score (nSPS) is 35.5. The van der Waals surface area contributed by atoms with Crippen LogP contribution in [0.15, 0.2) is 18.7 Å². The van der Waals surface area contributed by atoms with Crippen LogP contribution in [0.4, 0.5) is 0 Å². The minimum Gasteiger partial charge on any atom is -0.459 e. The van der Waals surface area contributed by atoms with Crippen LogP contribution in [0.3, 0.4) is 0 Å². The van der Waals surface area contributed by atoms with Gasteiger partial charge in [-0.1, -0.05) is 20.8 Å². The van der Waals surface area contributed by atoms with Gasteiger partial charge in [0.15, 0.2) is 6.54 Å². The molecule has 2 saturated carbocycles. The van der Waals surface area contributed by atoms with Crippen LogP contribution in [-0.4, -0.2) is 17.1 Å². The van der Waals surface area contributed by atoms with Crippen molar-refractivity contribution < 1.29 is 14.1 Å². The zero-order chi connectivity index (χ0) is 13.7. The van der Waals surface area contributed by atoms with E-state index in [9.17, 15) is 4.79 Å². The van der Waals surface area contributed by atoms with E-state index in [0.29, 0.717) is 17.9 Å². The van der Waals surface area contributed by atoms with Crippen molar-refractivity contribution >= 4 is 5.97 Å². The van der Waals surface area contributed by atoms with Crippen molar-refractivity contribution in [2.45, 2.75) is 52.7 Å². The van der Waals surface area contributed by atoms with Gasteiger partial charge in [0.25, 0.3) is 0 Å². The first kappa shape index (κ1) is 12.7. The third kappa shape index (κ3) is 1.80. The van der Waals surface area contributed by atoms with E-state index in [2.05, 4.69) is 25.8 Å². The van der Waals surface area contributed by atoms with E-state index in [1.807, 2.05) is 10.8 Å². The maximum atomic E-state index is 12.0. The number of rotatable bonds is 3. The Hall–Kier alpha value is -1.32. The lowest BCUT2D eigenvalue weighted by Gasteiger charge is -2.38. The smallest absolute Gasteiger partial charge is 0.348 e. The molecule has 3 rings (SSSR count). The summed E-state index contributed by atoms with van der Waals surface area (Å²) in [7, 11) is 0. The highest BCUT2D eigenvalue weighted by Gasteiger charge is 2.62. The molecular formula is C15H23N2O2+. The van der Waals surface area contributed by atoms with Crippen LogP contribution >= 0.6 is 0 Å². The van der Waals surface area contributed by atoms with Crippen molar-refractivity contribution in [3.63, 3.8) is 0 Å². The summed E-state index contributed by atoms with van der Waals surface area (Å²) in [6, 6.07) is 0. The van der Waals surface area contributed by atoms with Gasteiger partial charge in [0.2, 0.25) is 6.33 Å². The third-order valence-electron chi connectivity index (χ3n) is 5.90. The van der Waals surface area contributed by atoms with Gasteiger partial charge in [-0.2, -0.15) is 0 Å². The number of carbonyl (C=O) groups excluding carboxylic acids is 1. The number of hydrogen-bond donors (Lipinski definition) is 1. The van der Waals surface area contributed by atoms with Crippen molar-refractivity contribution in [2.24, 2.45) is 16.7 Å². The number of H-pyrrole nitrogens is 1. The molecule has 1 aromatic heterocycles. The summed E-state index contributed by atoms with van der Waals surface area (Å²) in [5, 5.41) is 0.